The van der Waals surface area contributed by atoms with Crippen molar-refractivity contribution in [2.75, 3.05) is 6.54 Å². The standard InChI is InChI=1S/C19H19NO3/c1-13(21)10-18(2)11-19(16-8-5-9-23-16)15-7-4-3-6-14(15)17(22)20(19)12-18/h3-9H,10-12H2,1-2H3/t18-,19-/m0/s1. The van der Waals surface area contributed by atoms with Crippen LogP contribution in [0, 0.1) is 5.41 Å². The van der Waals surface area contributed by atoms with Crippen molar-refractivity contribution in [1.82, 2.24) is 4.90 Å². The summed E-state index contributed by atoms with van der Waals surface area (Å²) >= 11 is 0. The van der Waals surface area contributed by atoms with Crippen molar-refractivity contribution < 1.29 is 14.0 Å². The number of fused-ring (bicyclic) bond motifs is 3. The SMILES string of the molecule is CC(=O)C[C@]1(C)CN2C(=O)c3ccccc3[C@]2(c2ccco2)C1. The van der Waals surface area contributed by atoms with Crippen LogP contribution in [0.1, 0.15) is 48.4 Å². The first-order chi connectivity index (χ1) is 11.0. The van der Waals surface area contributed by atoms with Gasteiger partial charge < -0.3 is 14.1 Å². The topological polar surface area (TPSA) is 50.5 Å². The van der Waals surface area contributed by atoms with Gasteiger partial charge >= 0.3 is 0 Å². The lowest BCUT2D eigenvalue weighted by molar-refractivity contribution is -0.118. The summed E-state index contributed by atoms with van der Waals surface area (Å²) in [6.07, 6.45) is 2.82. The summed E-state index contributed by atoms with van der Waals surface area (Å²) in [5.74, 6) is 0.969. The molecule has 3 heterocycles. The zero-order valence-corrected chi connectivity index (χ0v) is 13.3. The normalized spacial score (nSPS) is 28.8. The molecule has 23 heavy (non-hydrogen) atoms. The minimum absolute atomic E-state index is 0.0317. The Balaban J connectivity index is 1.92. The third-order valence-corrected chi connectivity index (χ3v) is 5.14. The number of ketones is 1. The van der Waals surface area contributed by atoms with Gasteiger partial charge in [-0.15, -0.1) is 0 Å². The molecule has 118 valence electrons. The molecule has 0 bridgehead atoms. The number of rotatable bonds is 3. The fourth-order valence-corrected chi connectivity index (χ4v) is 4.53. The molecule has 4 heteroatoms. The van der Waals surface area contributed by atoms with Crippen LogP contribution in [0.2, 0.25) is 0 Å². The summed E-state index contributed by atoms with van der Waals surface area (Å²) < 4.78 is 5.75. The number of carbonyl (C=O) groups is 2. The summed E-state index contributed by atoms with van der Waals surface area (Å²) in [5.41, 5.74) is 0.921. The van der Waals surface area contributed by atoms with E-state index in [0.717, 1.165) is 16.9 Å². The van der Waals surface area contributed by atoms with Gasteiger partial charge in [0.15, 0.2) is 0 Å². The van der Waals surface area contributed by atoms with Gasteiger partial charge in [0.2, 0.25) is 0 Å². The molecule has 2 aromatic rings. The van der Waals surface area contributed by atoms with Crippen LogP contribution in [-0.4, -0.2) is 23.1 Å². The molecule has 0 N–H and O–H groups in total. The summed E-state index contributed by atoms with van der Waals surface area (Å²) in [4.78, 5) is 26.6. The van der Waals surface area contributed by atoms with Crippen molar-refractivity contribution in [2.24, 2.45) is 5.41 Å². The summed E-state index contributed by atoms with van der Waals surface area (Å²) in [7, 11) is 0. The Morgan fingerprint density at radius 2 is 2.04 bits per heavy atom. The van der Waals surface area contributed by atoms with Gasteiger partial charge in [-0.2, -0.15) is 0 Å². The lowest BCUT2D eigenvalue weighted by Gasteiger charge is -2.31. The molecular formula is C19H19NO3. The molecule has 0 unspecified atom stereocenters. The van der Waals surface area contributed by atoms with Crippen LogP contribution in [0.5, 0.6) is 0 Å². The highest BCUT2D eigenvalue weighted by atomic mass is 16.3. The van der Waals surface area contributed by atoms with E-state index in [9.17, 15) is 9.59 Å². The molecule has 1 aromatic heterocycles. The summed E-state index contributed by atoms with van der Waals surface area (Å²) in [6.45, 7) is 4.28. The first-order valence-electron chi connectivity index (χ1n) is 7.91. The van der Waals surface area contributed by atoms with E-state index in [2.05, 4.69) is 6.92 Å². The van der Waals surface area contributed by atoms with E-state index >= 15 is 0 Å². The average molecular weight is 309 g/mol. The highest BCUT2D eigenvalue weighted by molar-refractivity contribution is 6.01. The number of furan rings is 1. The predicted octanol–water partition coefficient (Wildman–Crippen LogP) is 3.37. The van der Waals surface area contributed by atoms with Crippen LogP contribution >= 0.6 is 0 Å². The van der Waals surface area contributed by atoms with E-state index in [-0.39, 0.29) is 17.1 Å². The van der Waals surface area contributed by atoms with Gasteiger partial charge in [0.05, 0.1) is 6.26 Å². The number of carbonyl (C=O) groups excluding carboxylic acids is 2. The minimum atomic E-state index is -0.582. The Morgan fingerprint density at radius 1 is 1.26 bits per heavy atom. The van der Waals surface area contributed by atoms with E-state index in [1.54, 1.807) is 13.2 Å². The fourth-order valence-electron chi connectivity index (χ4n) is 4.53. The van der Waals surface area contributed by atoms with Gasteiger partial charge in [0.25, 0.3) is 5.91 Å². The second-order valence-electron chi connectivity index (χ2n) is 7.14. The van der Waals surface area contributed by atoms with Crippen molar-refractivity contribution >= 4 is 11.7 Å². The molecule has 0 radical (unpaired) electrons. The number of hydrogen-bond donors (Lipinski definition) is 0. The molecule has 0 saturated carbocycles. The van der Waals surface area contributed by atoms with Crippen molar-refractivity contribution in [1.29, 1.82) is 0 Å². The molecule has 2 aliphatic rings. The summed E-state index contributed by atoms with van der Waals surface area (Å²) in [6, 6.07) is 11.5. The Morgan fingerprint density at radius 3 is 2.74 bits per heavy atom. The third kappa shape index (κ3) is 1.84. The average Bonchev–Trinajstić information content (AvgIpc) is 3.16. The van der Waals surface area contributed by atoms with E-state index in [1.807, 2.05) is 41.3 Å². The highest BCUT2D eigenvalue weighted by Gasteiger charge is 2.61. The third-order valence-electron chi connectivity index (χ3n) is 5.14. The van der Waals surface area contributed by atoms with Gasteiger partial charge in [0.1, 0.15) is 17.1 Å². The zero-order valence-electron chi connectivity index (χ0n) is 13.3. The molecule has 1 saturated heterocycles. The van der Waals surface area contributed by atoms with Crippen LogP contribution in [0.4, 0.5) is 0 Å². The lowest BCUT2D eigenvalue weighted by Crippen LogP contribution is -2.39. The predicted molar refractivity (Wildman–Crippen MR) is 85.0 cm³/mol. The van der Waals surface area contributed by atoms with E-state index in [0.29, 0.717) is 19.4 Å². The molecule has 4 nitrogen and oxygen atoms in total. The zero-order chi connectivity index (χ0) is 16.2. The number of hydrogen-bond acceptors (Lipinski definition) is 3. The largest absolute Gasteiger partial charge is 0.466 e. The quantitative estimate of drug-likeness (QED) is 0.873. The molecule has 0 spiro atoms. The van der Waals surface area contributed by atoms with Gasteiger partial charge in [-0.1, -0.05) is 25.1 Å². The number of Topliss-reactive ketones (excluding diaryl/α,β-unsaturated/α-hetero) is 1. The minimum Gasteiger partial charge on any atom is -0.466 e. The maximum absolute atomic E-state index is 13.0. The van der Waals surface area contributed by atoms with Crippen LogP contribution < -0.4 is 0 Å². The van der Waals surface area contributed by atoms with Crippen LogP contribution in [0.3, 0.4) is 0 Å². The molecular weight excluding hydrogens is 290 g/mol. The molecule has 4 rings (SSSR count). The molecule has 1 aromatic carbocycles. The smallest absolute Gasteiger partial charge is 0.255 e. The fraction of sp³-hybridized carbons (Fsp3) is 0.368. The summed E-state index contributed by atoms with van der Waals surface area (Å²) in [5, 5.41) is 0. The van der Waals surface area contributed by atoms with Crippen LogP contribution in [0.15, 0.2) is 47.1 Å². The van der Waals surface area contributed by atoms with E-state index in [1.165, 1.54) is 0 Å². The van der Waals surface area contributed by atoms with Crippen molar-refractivity contribution in [3.63, 3.8) is 0 Å². The number of nitrogens with zero attached hydrogens (tertiary/aromatic N) is 1. The van der Waals surface area contributed by atoms with Gasteiger partial charge in [-0.25, -0.2) is 0 Å². The maximum atomic E-state index is 13.0. The second kappa shape index (κ2) is 4.57. The number of amides is 1. The van der Waals surface area contributed by atoms with Crippen molar-refractivity contribution in [3.8, 4) is 0 Å². The molecule has 1 amide bonds. The Hall–Kier alpha value is -2.36. The molecule has 2 atom stereocenters. The van der Waals surface area contributed by atoms with Crippen LogP contribution in [0.25, 0.3) is 0 Å². The Bertz CT molecular complexity index is 795. The lowest BCUT2D eigenvalue weighted by atomic mass is 9.75. The van der Waals surface area contributed by atoms with Gasteiger partial charge in [0, 0.05) is 18.5 Å². The van der Waals surface area contributed by atoms with Crippen LogP contribution in [-0.2, 0) is 10.3 Å². The first kappa shape index (κ1) is 14.2. The Kier molecular flexibility index (Phi) is 2.83. The second-order valence-corrected chi connectivity index (χ2v) is 7.14. The van der Waals surface area contributed by atoms with Crippen molar-refractivity contribution in [2.45, 2.75) is 32.2 Å². The van der Waals surface area contributed by atoms with Gasteiger partial charge in [-0.05, 0) is 42.5 Å². The highest BCUT2D eigenvalue weighted by Crippen LogP contribution is 2.57. The first-order valence-corrected chi connectivity index (χ1v) is 7.91. The Labute approximate surface area is 135 Å². The maximum Gasteiger partial charge on any atom is 0.255 e. The molecule has 0 aliphatic carbocycles. The van der Waals surface area contributed by atoms with Crippen molar-refractivity contribution in [3.05, 3.63) is 59.5 Å². The van der Waals surface area contributed by atoms with E-state index < -0.39 is 5.54 Å². The number of benzene rings is 1. The van der Waals surface area contributed by atoms with Gasteiger partial charge in [-0.3, -0.25) is 4.79 Å². The van der Waals surface area contributed by atoms with E-state index in [4.69, 9.17) is 4.42 Å². The monoisotopic (exact) mass is 309 g/mol. The molecule has 1 fully saturated rings. The molecule has 2 aliphatic heterocycles.